The summed E-state index contributed by atoms with van der Waals surface area (Å²) in [6, 6.07) is 3.32. The molecule has 0 heterocycles. The van der Waals surface area contributed by atoms with E-state index in [1.54, 1.807) is 12.1 Å². The van der Waals surface area contributed by atoms with Crippen LogP contribution >= 0.6 is 39.1 Å². The normalized spacial score (nSPS) is 11.6. The van der Waals surface area contributed by atoms with Gasteiger partial charge in [0.2, 0.25) is 0 Å². The van der Waals surface area contributed by atoms with Gasteiger partial charge in [0.15, 0.2) is 0 Å². The Balaban J connectivity index is 3.27. The monoisotopic (exact) mass is 308 g/mol. The Bertz CT molecular complexity index is 418. The Morgan fingerprint density at radius 1 is 1.40 bits per heavy atom. The molecule has 15 heavy (non-hydrogen) atoms. The largest absolute Gasteiger partial charge is 0.478 e. The number of carbonyl (C=O) groups is 1. The van der Waals surface area contributed by atoms with Gasteiger partial charge in [0.05, 0.1) is 10.0 Å². The summed E-state index contributed by atoms with van der Waals surface area (Å²) in [5.74, 6) is -0.995. The fraction of sp³-hybridized carbons (Fsp3) is 0.100. The van der Waals surface area contributed by atoms with Crippen molar-refractivity contribution in [3.63, 3.8) is 0 Å². The highest BCUT2D eigenvalue weighted by atomic mass is 79.9. The Morgan fingerprint density at radius 2 is 1.87 bits per heavy atom. The van der Waals surface area contributed by atoms with Crippen molar-refractivity contribution >= 4 is 51.2 Å². The SMILES string of the molecule is C/C(=C\c1c(Cl)cc(Br)cc1Cl)C(=O)O. The molecule has 0 aliphatic rings. The smallest absolute Gasteiger partial charge is 0.331 e. The third-order valence-corrected chi connectivity index (χ3v) is 2.83. The maximum atomic E-state index is 10.6. The molecule has 0 radical (unpaired) electrons. The molecule has 0 bridgehead atoms. The Kier molecular flexibility index (Phi) is 4.20. The van der Waals surface area contributed by atoms with Crippen LogP contribution in [0.1, 0.15) is 12.5 Å². The minimum atomic E-state index is -0.995. The molecule has 1 aromatic rings. The van der Waals surface area contributed by atoms with E-state index in [0.29, 0.717) is 15.6 Å². The predicted molar refractivity (Wildman–Crippen MR) is 65.4 cm³/mol. The zero-order valence-electron chi connectivity index (χ0n) is 7.72. The van der Waals surface area contributed by atoms with E-state index in [9.17, 15) is 4.79 Å². The third-order valence-electron chi connectivity index (χ3n) is 1.74. The van der Waals surface area contributed by atoms with Crippen LogP contribution in [0.25, 0.3) is 6.08 Å². The zero-order valence-corrected chi connectivity index (χ0v) is 10.8. The summed E-state index contributed by atoms with van der Waals surface area (Å²) in [7, 11) is 0. The molecule has 80 valence electrons. The van der Waals surface area contributed by atoms with E-state index in [1.165, 1.54) is 13.0 Å². The van der Waals surface area contributed by atoms with Gasteiger partial charge in [-0.15, -0.1) is 0 Å². The van der Waals surface area contributed by atoms with E-state index in [1.807, 2.05) is 0 Å². The summed E-state index contributed by atoms with van der Waals surface area (Å²) in [5, 5.41) is 9.54. The first-order chi connectivity index (χ1) is 6.91. The maximum Gasteiger partial charge on any atom is 0.331 e. The van der Waals surface area contributed by atoms with Crippen LogP contribution in [-0.2, 0) is 4.79 Å². The lowest BCUT2D eigenvalue weighted by molar-refractivity contribution is -0.132. The summed E-state index contributed by atoms with van der Waals surface area (Å²) in [6.45, 7) is 1.48. The van der Waals surface area contributed by atoms with E-state index in [4.69, 9.17) is 28.3 Å². The molecule has 0 aromatic heterocycles. The van der Waals surface area contributed by atoms with Crippen LogP contribution in [0.4, 0.5) is 0 Å². The van der Waals surface area contributed by atoms with Crippen molar-refractivity contribution in [2.24, 2.45) is 0 Å². The topological polar surface area (TPSA) is 37.3 Å². The molecule has 0 aliphatic heterocycles. The number of aliphatic carboxylic acids is 1. The predicted octanol–water partition coefficient (Wildman–Crippen LogP) is 4.24. The molecule has 0 saturated heterocycles. The van der Waals surface area contributed by atoms with Gasteiger partial charge in [0, 0.05) is 15.6 Å². The number of carboxylic acid groups (broad SMARTS) is 1. The van der Waals surface area contributed by atoms with E-state index < -0.39 is 5.97 Å². The highest BCUT2D eigenvalue weighted by molar-refractivity contribution is 9.10. The van der Waals surface area contributed by atoms with Gasteiger partial charge in [-0.25, -0.2) is 4.79 Å². The minimum absolute atomic E-state index is 0.182. The molecule has 5 heteroatoms. The van der Waals surface area contributed by atoms with Gasteiger partial charge in [-0.1, -0.05) is 39.1 Å². The van der Waals surface area contributed by atoms with Crippen LogP contribution in [0.3, 0.4) is 0 Å². The van der Waals surface area contributed by atoms with Gasteiger partial charge in [-0.3, -0.25) is 0 Å². The molecule has 2 nitrogen and oxygen atoms in total. The first-order valence-corrected chi connectivity index (χ1v) is 5.53. The van der Waals surface area contributed by atoms with E-state index in [0.717, 1.165) is 4.47 Å². The molecular formula is C10H7BrCl2O2. The highest BCUT2D eigenvalue weighted by Gasteiger charge is 2.07. The second-order valence-electron chi connectivity index (χ2n) is 2.92. The van der Waals surface area contributed by atoms with Crippen LogP contribution in [0.2, 0.25) is 10.0 Å². The minimum Gasteiger partial charge on any atom is -0.478 e. The van der Waals surface area contributed by atoms with Crippen LogP contribution < -0.4 is 0 Å². The van der Waals surface area contributed by atoms with Gasteiger partial charge in [0.1, 0.15) is 0 Å². The number of hydrogen-bond donors (Lipinski definition) is 1. The van der Waals surface area contributed by atoms with Crippen molar-refractivity contribution in [1.82, 2.24) is 0 Å². The first-order valence-electron chi connectivity index (χ1n) is 3.98. The number of rotatable bonds is 2. The maximum absolute atomic E-state index is 10.6. The average molecular weight is 310 g/mol. The van der Waals surface area contributed by atoms with Gasteiger partial charge < -0.3 is 5.11 Å². The summed E-state index contributed by atoms with van der Waals surface area (Å²) in [6.07, 6.45) is 1.44. The van der Waals surface area contributed by atoms with Gasteiger partial charge in [-0.05, 0) is 25.1 Å². The molecule has 1 rings (SSSR count). The molecule has 0 aliphatic carbocycles. The van der Waals surface area contributed by atoms with E-state index in [-0.39, 0.29) is 5.57 Å². The molecule has 0 saturated carbocycles. The summed E-state index contributed by atoms with van der Waals surface area (Å²) in [4.78, 5) is 10.6. The number of halogens is 3. The zero-order chi connectivity index (χ0) is 11.6. The van der Waals surface area contributed by atoms with Crippen LogP contribution in [0.5, 0.6) is 0 Å². The second-order valence-corrected chi connectivity index (χ2v) is 4.65. The van der Waals surface area contributed by atoms with Crippen molar-refractivity contribution in [3.05, 3.63) is 37.8 Å². The highest BCUT2D eigenvalue weighted by Crippen LogP contribution is 2.30. The first kappa shape index (κ1) is 12.6. The van der Waals surface area contributed by atoms with Crippen molar-refractivity contribution in [3.8, 4) is 0 Å². The third kappa shape index (κ3) is 3.23. The Hall–Kier alpha value is -0.510. The molecule has 1 aromatic carbocycles. The van der Waals surface area contributed by atoms with E-state index in [2.05, 4.69) is 15.9 Å². The Morgan fingerprint density at radius 3 is 2.27 bits per heavy atom. The van der Waals surface area contributed by atoms with Crippen LogP contribution in [-0.4, -0.2) is 11.1 Å². The summed E-state index contributed by atoms with van der Waals surface area (Å²) in [5.41, 5.74) is 0.697. The Labute approximate surface area is 106 Å². The fourth-order valence-corrected chi connectivity index (χ4v) is 2.29. The second kappa shape index (κ2) is 5.01. The summed E-state index contributed by atoms with van der Waals surface area (Å²) >= 11 is 15.1. The fourth-order valence-electron chi connectivity index (χ4n) is 0.970. The van der Waals surface area contributed by atoms with Gasteiger partial charge in [-0.2, -0.15) is 0 Å². The van der Waals surface area contributed by atoms with Crippen molar-refractivity contribution in [2.75, 3.05) is 0 Å². The average Bonchev–Trinajstić information content (AvgIpc) is 2.10. The quantitative estimate of drug-likeness (QED) is 0.829. The molecule has 0 unspecified atom stereocenters. The van der Waals surface area contributed by atoms with Crippen LogP contribution in [0, 0.1) is 0 Å². The number of carboxylic acids is 1. The molecule has 1 N–H and O–H groups in total. The summed E-state index contributed by atoms with van der Waals surface area (Å²) < 4.78 is 0.752. The molecular weight excluding hydrogens is 303 g/mol. The standard InChI is InChI=1S/C10H7BrCl2O2/c1-5(10(14)15)2-7-8(12)3-6(11)4-9(7)13/h2-4H,1H3,(H,14,15)/b5-2+. The van der Waals surface area contributed by atoms with Crippen molar-refractivity contribution in [1.29, 1.82) is 0 Å². The van der Waals surface area contributed by atoms with Crippen molar-refractivity contribution < 1.29 is 9.90 Å². The number of benzene rings is 1. The van der Waals surface area contributed by atoms with E-state index >= 15 is 0 Å². The van der Waals surface area contributed by atoms with Gasteiger partial charge >= 0.3 is 5.97 Å². The number of hydrogen-bond acceptors (Lipinski definition) is 1. The lowest BCUT2D eigenvalue weighted by Crippen LogP contribution is -1.95. The lowest BCUT2D eigenvalue weighted by Gasteiger charge is -2.03. The molecule has 0 spiro atoms. The molecule has 0 amide bonds. The van der Waals surface area contributed by atoms with Crippen molar-refractivity contribution in [2.45, 2.75) is 6.92 Å². The van der Waals surface area contributed by atoms with Gasteiger partial charge in [0.25, 0.3) is 0 Å². The molecule has 0 atom stereocenters. The molecule has 0 fully saturated rings. The van der Waals surface area contributed by atoms with Crippen LogP contribution in [0.15, 0.2) is 22.2 Å². The lowest BCUT2D eigenvalue weighted by atomic mass is 10.1.